The molecule has 0 fully saturated rings. The molecule has 1 rings (SSSR count). The fourth-order valence-electron chi connectivity index (χ4n) is 0.990. The third kappa shape index (κ3) is 4.21. The Hall–Kier alpha value is -1.24. The van der Waals surface area contributed by atoms with E-state index in [0.717, 1.165) is 13.3 Å². The van der Waals surface area contributed by atoms with E-state index in [0.29, 0.717) is 6.54 Å². The highest BCUT2D eigenvalue weighted by atomic mass is 35.5. The van der Waals surface area contributed by atoms with E-state index in [1.807, 2.05) is 6.92 Å². The second kappa shape index (κ2) is 6.08. The number of hydrogen-bond donors (Lipinski definition) is 1. The topological polar surface area (TPSA) is 47.0 Å². The molecule has 1 atom stereocenters. The van der Waals surface area contributed by atoms with Gasteiger partial charge in [0.25, 0.3) is 0 Å². The average Bonchev–Trinajstić information content (AvgIpc) is 2.28. The van der Waals surface area contributed by atoms with E-state index >= 15 is 0 Å². The highest BCUT2D eigenvalue weighted by molar-refractivity contribution is 6.31. The van der Waals surface area contributed by atoms with Gasteiger partial charge in [0, 0.05) is 6.54 Å². The molecule has 4 nitrogen and oxygen atoms in total. The number of anilines is 1. The SMILES string of the molecule is CCCNc1ncc(Cl)c(OC(C)C(F)(F)F)n1. The molecule has 1 heterocycles. The van der Waals surface area contributed by atoms with Crippen LogP contribution in [0.5, 0.6) is 5.88 Å². The van der Waals surface area contributed by atoms with Crippen LogP contribution in [-0.4, -0.2) is 28.8 Å². The molecule has 0 saturated carbocycles. The van der Waals surface area contributed by atoms with Crippen molar-refractivity contribution in [1.29, 1.82) is 0 Å². The van der Waals surface area contributed by atoms with E-state index in [9.17, 15) is 13.2 Å². The highest BCUT2D eigenvalue weighted by Crippen LogP contribution is 2.28. The van der Waals surface area contributed by atoms with Gasteiger partial charge in [0.1, 0.15) is 5.02 Å². The van der Waals surface area contributed by atoms with Gasteiger partial charge in [-0.3, -0.25) is 0 Å². The Morgan fingerprint density at radius 1 is 1.50 bits per heavy atom. The van der Waals surface area contributed by atoms with Crippen molar-refractivity contribution in [3.05, 3.63) is 11.2 Å². The van der Waals surface area contributed by atoms with Crippen molar-refractivity contribution in [3.8, 4) is 5.88 Å². The molecule has 1 aromatic rings. The normalized spacial score (nSPS) is 13.2. The summed E-state index contributed by atoms with van der Waals surface area (Å²) in [4.78, 5) is 7.62. The lowest BCUT2D eigenvalue weighted by molar-refractivity contribution is -0.189. The Morgan fingerprint density at radius 3 is 2.72 bits per heavy atom. The molecule has 1 N–H and O–H groups in total. The first-order valence-electron chi connectivity index (χ1n) is 5.34. The maximum atomic E-state index is 12.3. The van der Waals surface area contributed by atoms with Crippen LogP contribution in [0.15, 0.2) is 6.20 Å². The number of halogens is 4. The van der Waals surface area contributed by atoms with Crippen LogP contribution in [0.25, 0.3) is 0 Å². The van der Waals surface area contributed by atoms with Gasteiger partial charge in [0.2, 0.25) is 11.8 Å². The van der Waals surface area contributed by atoms with Crippen molar-refractivity contribution in [1.82, 2.24) is 9.97 Å². The molecule has 18 heavy (non-hydrogen) atoms. The van der Waals surface area contributed by atoms with Crippen molar-refractivity contribution < 1.29 is 17.9 Å². The summed E-state index contributed by atoms with van der Waals surface area (Å²) in [7, 11) is 0. The number of ether oxygens (including phenoxy) is 1. The summed E-state index contributed by atoms with van der Waals surface area (Å²) in [5, 5.41) is 2.77. The average molecular weight is 284 g/mol. The Kier molecular flexibility index (Phi) is 5.01. The minimum absolute atomic E-state index is 0.0619. The first kappa shape index (κ1) is 14.8. The van der Waals surface area contributed by atoms with Gasteiger partial charge in [-0.2, -0.15) is 18.2 Å². The zero-order valence-corrected chi connectivity index (χ0v) is 10.6. The molecular formula is C10H13ClF3N3O. The number of hydrogen-bond acceptors (Lipinski definition) is 4. The van der Waals surface area contributed by atoms with Crippen LogP contribution >= 0.6 is 11.6 Å². The second-order valence-corrected chi connectivity index (χ2v) is 3.98. The summed E-state index contributed by atoms with van der Waals surface area (Å²) in [5.41, 5.74) is 0. The molecule has 0 bridgehead atoms. The zero-order valence-electron chi connectivity index (χ0n) is 9.88. The Bertz CT molecular complexity index is 400. The van der Waals surface area contributed by atoms with E-state index in [1.165, 1.54) is 6.20 Å². The highest BCUT2D eigenvalue weighted by Gasteiger charge is 2.38. The molecule has 0 aliphatic heterocycles. The number of rotatable bonds is 5. The van der Waals surface area contributed by atoms with Crippen molar-refractivity contribution in [2.45, 2.75) is 32.5 Å². The minimum atomic E-state index is -4.47. The van der Waals surface area contributed by atoms with Crippen molar-refractivity contribution in [2.24, 2.45) is 0 Å². The molecule has 102 valence electrons. The van der Waals surface area contributed by atoms with E-state index in [2.05, 4.69) is 20.0 Å². The molecule has 8 heteroatoms. The van der Waals surface area contributed by atoms with Crippen molar-refractivity contribution in [2.75, 3.05) is 11.9 Å². The standard InChI is InChI=1S/C10H13ClF3N3O/c1-3-4-15-9-16-5-7(11)8(17-9)18-6(2)10(12,13)14/h5-6H,3-4H2,1-2H3,(H,15,16,17). The van der Waals surface area contributed by atoms with Gasteiger partial charge in [-0.25, -0.2) is 4.98 Å². The van der Waals surface area contributed by atoms with E-state index < -0.39 is 12.3 Å². The molecular weight excluding hydrogens is 271 g/mol. The van der Waals surface area contributed by atoms with Gasteiger partial charge in [0.05, 0.1) is 6.20 Å². The van der Waals surface area contributed by atoms with Crippen LogP contribution in [-0.2, 0) is 0 Å². The molecule has 1 aromatic heterocycles. The van der Waals surface area contributed by atoms with E-state index in [1.54, 1.807) is 0 Å². The van der Waals surface area contributed by atoms with Crippen LogP contribution in [0.1, 0.15) is 20.3 Å². The van der Waals surface area contributed by atoms with Gasteiger partial charge in [0.15, 0.2) is 6.10 Å². The maximum Gasteiger partial charge on any atom is 0.425 e. The fraction of sp³-hybridized carbons (Fsp3) is 0.600. The number of aromatic nitrogens is 2. The van der Waals surface area contributed by atoms with Gasteiger partial charge >= 0.3 is 6.18 Å². The summed E-state index contributed by atoms with van der Waals surface area (Å²) in [6.45, 7) is 3.43. The lowest BCUT2D eigenvalue weighted by atomic mass is 10.4. The van der Waals surface area contributed by atoms with Gasteiger partial charge in [-0.1, -0.05) is 18.5 Å². The summed E-state index contributed by atoms with van der Waals surface area (Å²) >= 11 is 5.68. The monoisotopic (exact) mass is 283 g/mol. The molecule has 0 aromatic carbocycles. The van der Waals surface area contributed by atoms with Crippen LogP contribution in [0.3, 0.4) is 0 Å². The quantitative estimate of drug-likeness (QED) is 0.901. The van der Waals surface area contributed by atoms with Gasteiger partial charge < -0.3 is 10.1 Å². The third-order valence-electron chi connectivity index (χ3n) is 1.99. The molecule has 0 radical (unpaired) electrons. The summed E-state index contributed by atoms with van der Waals surface area (Å²) in [6.07, 6.45) is -4.42. The fourth-order valence-corrected chi connectivity index (χ4v) is 1.13. The van der Waals surface area contributed by atoms with Gasteiger partial charge in [-0.15, -0.1) is 0 Å². The molecule has 0 aliphatic rings. The number of alkyl halides is 3. The first-order valence-corrected chi connectivity index (χ1v) is 5.72. The second-order valence-electron chi connectivity index (χ2n) is 3.58. The smallest absolute Gasteiger partial charge is 0.425 e. The van der Waals surface area contributed by atoms with Crippen LogP contribution in [0, 0.1) is 0 Å². The Balaban J connectivity index is 2.81. The van der Waals surface area contributed by atoms with Crippen LogP contribution in [0.4, 0.5) is 19.1 Å². The van der Waals surface area contributed by atoms with E-state index in [4.69, 9.17) is 11.6 Å². The van der Waals surface area contributed by atoms with Crippen molar-refractivity contribution >= 4 is 17.5 Å². The summed E-state index contributed by atoms with van der Waals surface area (Å²) in [5.74, 6) is -0.0966. The summed E-state index contributed by atoms with van der Waals surface area (Å²) < 4.78 is 41.7. The van der Waals surface area contributed by atoms with Crippen LogP contribution < -0.4 is 10.1 Å². The lowest BCUT2D eigenvalue weighted by Crippen LogP contribution is -2.31. The molecule has 0 aliphatic carbocycles. The van der Waals surface area contributed by atoms with Crippen molar-refractivity contribution in [3.63, 3.8) is 0 Å². The molecule has 0 amide bonds. The van der Waals surface area contributed by atoms with E-state index in [-0.39, 0.29) is 16.9 Å². The predicted molar refractivity (Wildman–Crippen MR) is 62.0 cm³/mol. The lowest BCUT2D eigenvalue weighted by Gasteiger charge is -2.17. The Morgan fingerprint density at radius 2 is 2.17 bits per heavy atom. The minimum Gasteiger partial charge on any atom is -0.464 e. The molecule has 0 spiro atoms. The Labute approximate surface area is 108 Å². The van der Waals surface area contributed by atoms with Crippen LogP contribution in [0.2, 0.25) is 5.02 Å². The number of nitrogens with zero attached hydrogens (tertiary/aromatic N) is 2. The molecule has 1 unspecified atom stereocenters. The first-order chi connectivity index (χ1) is 8.34. The predicted octanol–water partition coefficient (Wildman–Crippen LogP) is 3.28. The molecule has 0 saturated heterocycles. The summed E-state index contributed by atoms with van der Waals surface area (Å²) in [6, 6.07) is 0. The number of nitrogens with one attached hydrogen (secondary N) is 1. The van der Waals surface area contributed by atoms with Gasteiger partial charge in [-0.05, 0) is 13.3 Å². The largest absolute Gasteiger partial charge is 0.464 e. The third-order valence-corrected chi connectivity index (χ3v) is 2.25. The zero-order chi connectivity index (χ0) is 13.8. The maximum absolute atomic E-state index is 12.3.